The number of alkyl halides is 1. The molecule has 0 aromatic carbocycles. The van der Waals surface area contributed by atoms with Crippen LogP contribution in [0.3, 0.4) is 0 Å². The van der Waals surface area contributed by atoms with Gasteiger partial charge in [-0.15, -0.1) is 11.6 Å². The SMILES string of the molecule is O=C(O)CCCCl.[LiH]. The van der Waals surface area contributed by atoms with Gasteiger partial charge in [-0.25, -0.2) is 0 Å². The molecule has 0 saturated heterocycles. The van der Waals surface area contributed by atoms with Gasteiger partial charge in [-0.3, -0.25) is 4.79 Å². The van der Waals surface area contributed by atoms with E-state index in [1.165, 1.54) is 0 Å². The van der Waals surface area contributed by atoms with Crippen molar-refractivity contribution in [3.8, 4) is 0 Å². The number of carbonyl (C=O) groups is 1. The van der Waals surface area contributed by atoms with E-state index >= 15 is 0 Å². The Kier molecular flexibility index (Phi) is 10.3. The number of carboxylic acids is 1. The molecule has 0 unspecified atom stereocenters. The molecular weight excluding hydrogens is 122 g/mol. The molecule has 1 N–H and O–H groups in total. The number of carboxylic acid groups (broad SMARTS) is 1. The van der Waals surface area contributed by atoms with E-state index in [-0.39, 0.29) is 25.3 Å². The van der Waals surface area contributed by atoms with Crippen LogP contribution in [0.5, 0.6) is 0 Å². The van der Waals surface area contributed by atoms with Crippen LogP contribution in [0.25, 0.3) is 0 Å². The van der Waals surface area contributed by atoms with E-state index in [4.69, 9.17) is 16.7 Å². The van der Waals surface area contributed by atoms with Gasteiger partial charge in [0.15, 0.2) is 0 Å². The maximum atomic E-state index is 9.70. The van der Waals surface area contributed by atoms with Crippen LogP contribution in [0, 0.1) is 0 Å². The van der Waals surface area contributed by atoms with Gasteiger partial charge in [0, 0.05) is 12.3 Å². The molecule has 4 heteroatoms. The van der Waals surface area contributed by atoms with Gasteiger partial charge >= 0.3 is 24.8 Å². The minimum absolute atomic E-state index is 0. The van der Waals surface area contributed by atoms with Crippen LogP contribution in [0.1, 0.15) is 12.8 Å². The van der Waals surface area contributed by atoms with Crippen molar-refractivity contribution >= 4 is 36.4 Å². The van der Waals surface area contributed by atoms with Crippen molar-refractivity contribution in [3.63, 3.8) is 0 Å². The van der Waals surface area contributed by atoms with Crippen LogP contribution >= 0.6 is 11.6 Å². The van der Waals surface area contributed by atoms with Crippen LogP contribution in [-0.2, 0) is 4.79 Å². The average molecular weight is 131 g/mol. The van der Waals surface area contributed by atoms with E-state index in [0.717, 1.165) is 0 Å². The third-order valence-corrected chi connectivity index (χ3v) is 0.792. The molecule has 0 aliphatic carbocycles. The molecule has 0 rings (SSSR count). The molecule has 0 aliphatic heterocycles. The molecule has 44 valence electrons. The number of hydrogen-bond acceptors (Lipinski definition) is 1. The molecule has 0 spiro atoms. The quantitative estimate of drug-likeness (QED) is 0.445. The number of hydrogen-bond donors (Lipinski definition) is 1. The molecule has 0 fully saturated rings. The predicted octanol–water partition coefficient (Wildman–Crippen LogP) is 0.442. The summed E-state index contributed by atoms with van der Waals surface area (Å²) in [5, 5.41) is 7.99. The Morgan fingerprint density at radius 3 is 2.25 bits per heavy atom. The monoisotopic (exact) mass is 130 g/mol. The van der Waals surface area contributed by atoms with Crippen molar-refractivity contribution in [3.05, 3.63) is 0 Å². The second-order valence-electron chi connectivity index (χ2n) is 1.19. The topological polar surface area (TPSA) is 37.3 Å². The van der Waals surface area contributed by atoms with Gasteiger partial charge in [-0.1, -0.05) is 0 Å². The summed E-state index contributed by atoms with van der Waals surface area (Å²) in [6.07, 6.45) is 0.750. The Labute approximate surface area is 65.4 Å². The predicted molar refractivity (Wildman–Crippen MR) is 34.7 cm³/mol. The summed E-state index contributed by atoms with van der Waals surface area (Å²) in [4.78, 5) is 9.70. The van der Waals surface area contributed by atoms with Crippen molar-refractivity contribution in [2.75, 3.05) is 5.88 Å². The molecule has 2 nitrogen and oxygen atoms in total. The molecule has 0 aliphatic rings. The zero-order valence-corrected chi connectivity index (χ0v) is 4.61. The number of halogens is 1. The summed E-state index contributed by atoms with van der Waals surface area (Å²) in [6, 6.07) is 0. The maximum absolute atomic E-state index is 9.70. The van der Waals surface area contributed by atoms with Crippen molar-refractivity contribution in [2.24, 2.45) is 0 Å². The summed E-state index contributed by atoms with van der Waals surface area (Å²) in [6.45, 7) is 0. The van der Waals surface area contributed by atoms with Gasteiger partial charge in [0.1, 0.15) is 0 Å². The molecule has 0 saturated carbocycles. The average Bonchev–Trinajstić information content (AvgIpc) is 1.61. The first-order chi connectivity index (χ1) is 3.27. The van der Waals surface area contributed by atoms with Crippen LogP contribution in [0.4, 0.5) is 0 Å². The zero-order valence-electron chi connectivity index (χ0n) is 3.85. The van der Waals surface area contributed by atoms with Gasteiger partial charge in [0.25, 0.3) is 0 Å². The molecule has 8 heavy (non-hydrogen) atoms. The van der Waals surface area contributed by atoms with Gasteiger partial charge < -0.3 is 5.11 Å². The minimum atomic E-state index is -0.777. The van der Waals surface area contributed by atoms with E-state index in [1.807, 2.05) is 0 Å². The van der Waals surface area contributed by atoms with E-state index in [2.05, 4.69) is 0 Å². The molecule has 0 aromatic heterocycles. The van der Waals surface area contributed by atoms with E-state index in [9.17, 15) is 4.79 Å². The van der Waals surface area contributed by atoms with Crippen LogP contribution < -0.4 is 0 Å². The fourth-order valence-electron chi connectivity index (χ4n) is 0.218. The Bertz CT molecular complexity index is 67.1. The van der Waals surface area contributed by atoms with Gasteiger partial charge in [0.05, 0.1) is 0 Å². The van der Waals surface area contributed by atoms with Gasteiger partial charge in [-0.2, -0.15) is 0 Å². The van der Waals surface area contributed by atoms with Gasteiger partial charge in [0.2, 0.25) is 0 Å². The standard InChI is InChI=1S/C4H7ClO2.Li.H/c5-3-1-2-4(6)7;;/h1-3H2,(H,6,7);;. The second-order valence-corrected chi connectivity index (χ2v) is 1.56. The third kappa shape index (κ3) is 9.61. The Balaban J connectivity index is 0. The zero-order chi connectivity index (χ0) is 5.70. The van der Waals surface area contributed by atoms with Crippen LogP contribution in [-0.4, -0.2) is 35.8 Å². The van der Waals surface area contributed by atoms with Crippen molar-refractivity contribution in [1.82, 2.24) is 0 Å². The van der Waals surface area contributed by atoms with E-state index in [0.29, 0.717) is 12.3 Å². The Morgan fingerprint density at radius 1 is 1.62 bits per heavy atom. The summed E-state index contributed by atoms with van der Waals surface area (Å²) in [7, 11) is 0. The summed E-state index contributed by atoms with van der Waals surface area (Å²) in [5.74, 6) is -0.340. The normalized spacial score (nSPS) is 7.62. The first-order valence-electron chi connectivity index (χ1n) is 2.05. The molecule has 0 radical (unpaired) electrons. The fourth-order valence-corrected chi connectivity index (χ4v) is 0.352. The van der Waals surface area contributed by atoms with Crippen molar-refractivity contribution < 1.29 is 9.90 Å². The van der Waals surface area contributed by atoms with E-state index < -0.39 is 5.97 Å². The Hall–Kier alpha value is 0.357. The number of rotatable bonds is 3. The van der Waals surface area contributed by atoms with Crippen LogP contribution in [0.15, 0.2) is 0 Å². The van der Waals surface area contributed by atoms with E-state index in [1.54, 1.807) is 0 Å². The molecular formula is C4H8ClLiO2. The summed E-state index contributed by atoms with van der Waals surface area (Å²) >= 11 is 5.18. The van der Waals surface area contributed by atoms with Gasteiger partial charge in [-0.05, 0) is 6.42 Å². The molecule has 0 amide bonds. The Morgan fingerprint density at radius 2 is 2.12 bits per heavy atom. The molecule has 0 atom stereocenters. The fraction of sp³-hybridized carbons (Fsp3) is 0.750. The summed E-state index contributed by atoms with van der Waals surface area (Å²) in [5.41, 5.74) is 0. The first-order valence-corrected chi connectivity index (χ1v) is 2.58. The van der Waals surface area contributed by atoms with Crippen molar-refractivity contribution in [2.45, 2.75) is 12.8 Å². The third-order valence-electron chi connectivity index (χ3n) is 0.524. The second kappa shape index (κ2) is 7.36. The molecule has 0 bridgehead atoms. The van der Waals surface area contributed by atoms with Crippen molar-refractivity contribution in [1.29, 1.82) is 0 Å². The number of aliphatic carboxylic acids is 1. The van der Waals surface area contributed by atoms with Crippen LogP contribution in [0.2, 0.25) is 0 Å². The molecule has 0 heterocycles. The first kappa shape index (κ1) is 11.2. The molecule has 0 aromatic rings. The summed E-state index contributed by atoms with van der Waals surface area (Å²) < 4.78 is 0.